The number of nitrogens with zero attached hydrogens (tertiary/aromatic N) is 3. The molecule has 1 saturated heterocycles. The second-order valence-corrected chi connectivity index (χ2v) is 5.50. The smallest absolute Gasteiger partial charge is 0.143 e. The lowest BCUT2D eigenvalue weighted by Gasteiger charge is -2.22. The molecule has 1 aromatic heterocycles. The van der Waals surface area contributed by atoms with E-state index in [4.69, 9.17) is 15.2 Å². The Bertz CT molecular complexity index is 656. The summed E-state index contributed by atoms with van der Waals surface area (Å²) in [5.74, 6) is 2.22. The van der Waals surface area contributed by atoms with Crippen molar-refractivity contribution < 1.29 is 9.47 Å². The largest absolute Gasteiger partial charge is 0.496 e. The molecule has 0 spiro atoms. The van der Waals surface area contributed by atoms with Gasteiger partial charge < -0.3 is 20.1 Å². The number of ether oxygens (including phenoxy) is 2. The topological polar surface area (TPSA) is 65.5 Å². The molecule has 0 bridgehead atoms. The average Bonchev–Trinajstić information content (AvgIpc) is 3.16. The van der Waals surface area contributed by atoms with Crippen LogP contribution in [0.1, 0.15) is 12.8 Å². The van der Waals surface area contributed by atoms with E-state index in [-0.39, 0.29) is 0 Å². The molecule has 6 nitrogen and oxygen atoms in total. The van der Waals surface area contributed by atoms with Crippen LogP contribution in [0.3, 0.4) is 0 Å². The molecule has 3 rings (SSSR count). The van der Waals surface area contributed by atoms with Crippen molar-refractivity contribution in [2.45, 2.75) is 12.8 Å². The Kier molecular flexibility index (Phi) is 3.83. The van der Waals surface area contributed by atoms with Crippen LogP contribution >= 0.6 is 0 Å². The number of aryl methyl sites for hydroxylation is 1. The van der Waals surface area contributed by atoms with Crippen LogP contribution in [0, 0.1) is 0 Å². The van der Waals surface area contributed by atoms with Gasteiger partial charge in [-0.1, -0.05) is 0 Å². The van der Waals surface area contributed by atoms with Crippen LogP contribution in [-0.2, 0) is 7.05 Å². The molecule has 0 unspecified atom stereocenters. The molecule has 0 amide bonds. The average molecular weight is 302 g/mol. The highest BCUT2D eigenvalue weighted by Crippen LogP contribution is 2.41. The number of nitrogens with two attached hydrogens (primary N) is 1. The maximum Gasteiger partial charge on any atom is 0.143 e. The van der Waals surface area contributed by atoms with Gasteiger partial charge in [-0.15, -0.1) is 0 Å². The number of rotatable bonds is 4. The Morgan fingerprint density at radius 1 is 1.05 bits per heavy atom. The van der Waals surface area contributed by atoms with Crippen molar-refractivity contribution in [2.24, 2.45) is 7.05 Å². The van der Waals surface area contributed by atoms with Crippen molar-refractivity contribution in [2.75, 3.05) is 37.9 Å². The van der Waals surface area contributed by atoms with Crippen LogP contribution in [-0.4, -0.2) is 37.1 Å². The Morgan fingerprint density at radius 3 is 2.27 bits per heavy atom. The zero-order valence-electron chi connectivity index (χ0n) is 13.3. The zero-order chi connectivity index (χ0) is 15.7. The highest BCUT2D eigenvalue weighted by molar-refractivity contribution is 5.77. The van der Waals surface area contributed by atoms with E-state index in [1.54, 1.807) is 18.9 Å². The van der Waals surface area contributed by atoms with Crippen LogP contribution in [0.25, 0.3) is 11.3 Å². The van der Waals surface area contributed by atoms with E-state index in [2.05, 4.69) is 10.00 Å². The van der Waals surface area contributed by atoms with Gasteiger partial charge >= 0.3 is 0 Å². The van der Waals surface area contributed by atoms with Crippen LogP contribution in [0.5, 0.6) is 11.5 Å². The SMILES string of the molecule is COc1cc(N2CCCC2)c(OC)cc1-c1cc(N)n(C)n1. The highest BCUT2D eigenvalue weighted by Gasteiger charge is 2.21. The van der Waals surface area contributed by atoms with Crippen LogP contribution < -0.4 is 20.1 Å². The van der Waals surface area contributed by atoms with Crippen molar-refractivity contribution in [1.82, 2.24) is 9.78 Å². The summed E-state index contributed by atoms with van der Waals surface area (Å²) in [4.78, 5) is 2.33. The van der Waals surface area contributed by atoms with Gasteiger partial charge in [-0.3, -0.25) is 4.68 Å². The first kappa shape index (κ1) is 14.6. The Balaban J connectivity index is 2.10. The monoisotopic (exact) mass is 302 g/mol. The Hall–Kier alpha value is -2.37. The number of hydrogen-bond acceptors (Lipinski definition) is 5. The summed E-state index contributed by atoms with van der Waals surface area (Å²) < 4.78 is 12.8. The summed E-state index contributed by atoms with van der Waals surface area (Å²) in [6.07, 6.45) is 2.42. The summed E-state index contributed by atoms with van der Waals surface area (Å²) >= 11 is 0. The molecule has 0 radical (unpaired) electrons. The molecule has 1 aliphatic rings. The van der Waals surface area contributed by atoms with E-state index in [1.807, 2.05) is 25.2 Å². The van der Waals surface area contributed by atoms with E-state index >= 15 is 0 Å². The third kappa shape index (κ3) is 2.45. The Morgan fingerprint density at radius 2 is 1.73 bits per heavy atom. The molecular weight excluding hydrogens is 280 g/mol. The molecular formula is C16H22N4O2. The molecule has 1 fully saturated rings. The summed E-state index contributed by atoms with van der Waals surface area (Å²) in [6, 6.07) is 5.85. The van der Waals surface area contributed by atoms with Crippen molar-refractivity contribution in [1.29, 1.82) is 0 Å². The molecule has 118 valence electrons. The first-order valence-corrected chi connectivity index (χ1v) is 7.45. The molecule has 1 aromatic carbocycles. The number of methoxy groups -OCH3 is 2. The van der Waals surface area contributed by atoms with Gasteiger partial charge in [0.1, 0.15) is 17.3 Å². The predicted molar refractivity (Wildman–Crippen MR) is 87.6 cm³/mol. The molecule has 0 atom stereocenters. The molecule has 2 aromatic rings. The second-order valence-electron chi connectivity index (χ2n) is 5.50. The number of anilines is 2. The molecule has 2 heterocycles. The maximum absolute atomic E-state index is 5.89. The summed E-state index contributed by atoms with van der Waals surface area (Å²) in [5, 5.41) is 4.43. The van der Waals surface area contributed by atoms with Gasteiger partial charge in [-0.25, -0.2) is 0 Å². The zero-order valence-corrected chi connectivity index (χ0v) is 13.3. The highest BCUT2D eigenvalue weighted by atomic mass is 16.5. The molecule has 6 heteroatoms. The minimum atomic E-state index is 0.611. The lowest BCUT2D eigenvalue weighted by Crippen LogP contribution is -2.18. The van der Waals surface area contributed by atoms with Crippen LogP contribution in [0.15, 0.2) is 18.2 Å². The van der Waals surface area contributed by atoms with Gasteiger partial charge in [0.25, 0.3) is 0 Å². The van der Waals surface area contributed by atoms with Crippen molar-refractivity contribution in [3.8, 4) is 22.8 Å². The minimum absolute atomic E-state index is 0.611. The summed E-state index contributed by atoms with van der Waals surface area (Å²) in [5.41, 5.74) is 8.63. The Labute approximate surface area is 130 Å². The fourth-order valence-corrected chi connectivity index (χ4v) is 2.90. The third-order valence-corrected chi connectivity index (χ3v) is 4.14. The molecule has 2 N–H and O–H groups in total. The lowest BCUT2D eigenvalue weighted by atomic mass is 10.1. The number of benzene rings is 1. The first-order valence-electron chi connectivity index (χ1n) is 7.45. The molecule has 22 heavy (non-hydrogen) atoms. The van der Waals surface area contributed by atoms with Crippen LogP contribution in [0.2, 0.25) is 0 Å². The van der Waals surface area contributed by atoms with E-state index in [0.717, 1.165) is 41.5 Å². The quantitative estimate of drug-likeness (QED) is 0.938. The van der Waals surface area contributed by atoms with E-state index < -0.39 is 0 Å². The van der Waals surface area contributed by atoms with Gasteiger partial charge in [0, 0.05) is 37.8 Å². The van der Waals surface area contributed by atoms with Gasteiger partial charge in [0.05, 0.1) is 25.6 Å². The number of aromatic nitrogens is 2. The first-order chi connectivity index (χ1) is 10.6. The summed E-state index contributed by atoms with van der Waals surface area (Å²) in [7, 11) is 5.18. The summed E-state index contributed by atoms with van der Waals surface area (Å²) in [6.45, 7) is 2.10. The lowest BCUT2D eigenvalue weighted by molar-refractivity contribution is 0.404. The number of nitrogen functional groups attached to an aromatic ring is 1. The van der Waals surface area contributed by atoms with Gasteiger partial charge in [0.2, 0.25) is 0 Å². The van der Waals surface area contributed by atoms with E-state index in [1.165, 1.54) is 12.8 Å². The minimum Gasteiger partial charge on any atom is -0.496 e. The fraction of sp³-hybridized carbons (Fsp3) is 0.438. The van der Waals surface area contributed by atoms with Crippen molar-refractivity contribution >= 4 is 11.5 Å². The van der Waals surface area contributed by atoms with E-state index in [9.17, 15) is 0 Å². The molecule has 1 aliphatic heterocycles. The number of hydrogen-bond donors (Lipinski definition) is 1. The third-order valence-electron chi connectivity index (χ3n) is 4.14. The molecule has 0 saturated carbocycles. The van der Waals surface area contributed by atoms with E-state index in [0.29, 0.717) is 5.82 Å². The fourth-order valence-electron chi connectivity index (χ4n) is 2.90. The molecule has 0 aliphatic carbocycles. The van der Waals surface area contributed by atoms with Crippen molar-refractivity contribution in [3.63, 3.8) is 0 Å². The second kappa shape index (κ2) is 5.79. The normalized spacial score (nSPS) is 14.4. The maximum atomic E-state index is 5.89. The standard InChI is InChI=1S/C16H22N4O2/c1-19-16(17)9-12(18-19)11-8-15(22-3)13(10-14(11)21-2)20-6-4-5-7-20/h8-10H,4-7,17H2,1-3H3. The van der Waals surface area contributed by atoms with Gasteiger partial charge in [0.15, 0.2) is 0 Å². The van der Waals surface area contributed by atoms with Crippen LogP contribution in [0.4, 0.5) is 11.5 Å². The van der Waals surface area contributed by atoms with Gasteiger partial charge in [-0.2, -0.15) is 5.10 Å². The predicted octanol–water partition coefficient (Wildman–Crippen LogP) is 2.29. The van der Waals surface area contributed by atoms with Gasteiger partial charge in [-0.05, 0) is 18.9 Å². The van der Waals surface area contributed by atoms with Crippen molar-refractivity contribution in [3.05, 3.63) is 18.2 Å².